The summed E-state index contributed by atoms with van der Waals surface area (Å²) in [5.74, 6) is 0.410. The number of hydrogen-bond donors (Lipinski definition) is 2. The molecule has 0 spiro atoms. The number of carbonyl (C=O) groups is 1. The Morgan fingerprint density at radius 1 is 1.29 bits per heavy atom. The van der Waals surface area contributed by atoms with Crippen LogP contribution in [0.25, 0.3) is 0 Å². The highest BCUT2D eigenvalue weighted by atomic mass is 32.2. The first-order chi connectivity index (χ1) is 9.99. The second kappa shape index (κ2) is 6.63. The Balaban J connectivity index is 2.23. The van der Waals surface area contributed by atoms with E-state index in [-0.39, 0.29) is 11.8 Å². The van der Waals surface area contributed by atoms with Gasteiger partial charge in [-0.2, -0.15) is 0 Å². The Kier molecular flexibility index (Phi) is 4.85. The van der Waals surface area contributed by atoms with Gasteiger partial charge in [-0.3, -0.25) is 4.79 Å². The fraction of sp³-hybridized carbons (Fsp3) is 0.250. The zero-order valence-electron chi connectivity index (χ0n) is 12.4. The van der Waals surface area contributed by atoms with Crippen LogP contribution in [0.3, 0.4) is 0 Å². The summed E-state index contributed by atoms with van der Waals surface area (Å²) in [6.45, 7) is 4.04. The number of amides is 1. The van der Waals surface area contributed by atoms with E-state index in [2.05, 4.69) is 10.3 Å². The molecule has 1 heterocycles. The molecule has 0 saturated carbocycles. The maximum atomic E-state index is 12.3. The van der Waals surface area contributed by atoms with Gasteiger partial charge >= 0.3 is 0 Å². The number of aromatic nitrogens is 1. The lowest BCUT2D eigenvalue weighted by atomic mass is 10.1. The minimum absolute atomic E-state index is 0.177. The molecule has 0 saturated heterocycles. The minimum Gasteiger partial charge on any atom is -0.384 e. The molecule has 0 fully saturated rings. The van der Waals surface area contributed by atoms with E-state index in [1.54, 1.807) is 23.9 Å². The Labute approximate surface area is 129 Å². The molecule has 0 bridgehead atoms. The summed E-state index contributed by atoms with van der Waals surface area (Å²) in [5, 5.41) is 2.89. The Morgan fingerprint density at radius 2 is 2.05 bits per heavy atom. The van der Waals surface area contributed by atoms with Gasteiger partial charge in [0, 0.05) is 21.8 Å². The van der Waals surface area contributed by atoms with Crippen LogP contribution < -0.4 is 11.1 Å². The predicted molar refractivity (Wildman–Crippen MR) is 88.9 cm³/mol. The fourth-order valence-electron chi connectivity index (χ4n) is 1.90. The molecule has 1 aromatic carbocycles. The summed E-state index contributed by atoms with van der Waals surface area (Å²) in [6, 6.07) is 11.1. The van der Waals surface area contributed by atoms with Gasteiger partial charge in [0.1, 0.15) is 5.82 Å². The summed E-state index contributed by atoms with van der Waals surface area (Å²) >= 11 is 1.63. The van der Waals surface area contributed by atoms with Crippen molar-refractivity contribution in [2.24, 2.45) is 0 Å². The topological polar surface area (TPSA) is 68.0 Å². The number of nitrogen functional groups attached to an aromatic ring is 1. The second-order valence-electron chi connectivity index (χ2n) is 5.05. The Hall–Kier alpha value is -2.01. The van der Waals surface area contributed by atoms with Crippen LogP contribution in [0.15, 0.2) is 41.3 Å². The van der Waals surface area contributed by atoms with Crippen molar-refractivity contribution in [1.82, 2.24) is 4.98 Å². The van der Waals surface area contributed by atoms with Crippen LogP contribution in [0.2, 0.25) is 0 Å². The van der Waals surface area contributed by atoms with Gasteiger partial charge in [0.25, 0.3) is 5.91 Å². The molecule has 2 aromatic rings. The summed E-state index contributed by atoms with van der Waals surface area (Å²) in [7, 11) is 0. The van der Waals surface area contributed by atoms with E-state index in [4.69, 9.17) is 5.73 Å². The molecule has 0 aliphatic carbocycles. The molecule has 2 rings (SSSR count). The molecule has 1 aromatic heterocycles. The first-order valence-electron chi connectivity index (χ1n) is 6.72. The number of hydrogen-bond acceptors (Lipinski definition) is 4. The highest BCUT2D eigenvalue weighted by molar-refractivity contribution is 7.98. The maximum Gasteiger partial charge on any atom is 0.255 e. The molecule has 0 aliphatic heterocycles. The number of nitrogens with one attached hydrogen (secondary N) is 1. The van der Waals surface area contributed by atoms with E-state index in [0.29, 0.717) is 11.4 Å². The lowest BCUT2D eigenvalue weighted by molar-refractivity contribution is 0.102. The van der Waals surface area contributed by atoms with Gasteiger partial charge < -0.3 is 11.1 Å². The summed E-state index contributed by atoms with van der Waals surface area (Å²) in [5.41, 5.74) is 7.90. The van der Waals surface area contributed by atoms with Crippen LogP contribution in [-0.2, 0) is 0 Å². The van der Waals surface area contributed by atoms with Gasteiger partial charge in [-0.05, 0) is 42.5 Å². The molecule has 3 N–H and O–H groups in total. The van der Waals surface area contributed by atoms with E-state index in [1.165, 1.54) is 0 Å². The highest BCUT2D eigenvalue weighted by Gasteiger charge is 2.11. The zero-order valence-corrected chi connectivity index (χ0v) is 13.2. The van der Waals surface area contributed by atoms with Gasteiger partial charge in [-0.15, -0.1) is 11.8 Å². The largest absolute Gasteiger partial charge is 0.384 e. The smallest absolute Gasteiger partial charge is 0.255 e. The number of thioether (sulfide) groups is 1. The van der Waals surface area contributed by atoms with Crippen molar-refractivity contribution in [3.05, 3.63) is 47.7 Å². The normalized spacial score (nSPS) is 10.7. The summed E-state index contributed by atoms with van der Waals surface area (Å²) in [4.78, 5) is 17.7. The monoisotopic (exact) mass is 301 g/mol. The molecular weight excluding hydrogens is 282 g/mol. The predicted octanol–water partition coefficient (Wildman–Crippen LogP) is 3.76. The number of benzene rings is 1. The van der Waals surface area contributed by atoms with Gasteiger partial charge in [0.2, 0.25) is 0 Å². The first-order valence-corrected chi connectivity index (χ1v) is 7.95. The number of pyridine rings is 1. The van der Waals surface area contributed by atoms with Crippen molar-refractivity contribution in [3.8, 4) is 0 Å². The molecule has 21 heavy (non-hydrogen) atoms. The number of rotatable bonds is 4. The van der Waals surface area contributed by atoms with Crippen molar-refractivity contribution in [3.63, 3.8) is 0 Å². The summed E-state index contributed by atoms with van der Waals surface area (Å²) in [6.07, 6.45) is 2.00. The molecule has 1 amide bonds. The molecule has 0 atom stereocenters. The summed E-state index contributed by atoms with van der Waals surface area (Å²) < 4.78 is 0. The number of nitrogens with zero attached hydrogens (tertiary/aromatic N) is 1. The van der Waals surface area contributed by atoms with E-state index in [1.807, 2.05) is 44.4 Å². The van der Waals surface area contributed by atoms with E-state index >= 15 is 0 Å². The number of anilines is 2. The van der Waals surface area contributed by atoms with Gasteiger partial charge in [0.05, 0.1) is 0 Å². The van der Waals surface area contributed by atoms with Crippen LogP contribution in [0, 0.1) is 0 Å². The van der Waals surface area contributed by atoms with Gasteiger partial charge in [-0.1, -0.05) is 19.9 Å². The quantitative estimate of drug-likeness (QED) is 0.844. The molecule has 0 unspecified atom stereocenters. The molecule has 5 heteroatoms. The van der Waals surface area contributed by atoms with E-state index in [9.17, 15) is 4.79 Å². The van der Waals surface area contributed by atoms with Crippen molar-refractivity contribution >= 4 is 29.2 Å². The van der Waals surface area contributed by atoms with Crippen LogP contribution in [0.1, 0.15) is 35.8 Å². The fourth-order valence-corrected chi connectivity index (χ4v) is 2.36. The molecule has 0 aliphatic rings. The SMILES string of the molecule is CSc1cccc(NC(=O)c2cc(N)nc(C(C)C)c2)c1. The molecule has 4 nitrogen and oxygen atoms in total. The van der Waals surface area contributed by atoms with Crippen molar-refractivity contribution in [2.75, 3.05) is 17.3 Å². The van der Waals surface area contributed by atoms with Crippen LogP contribution in [0.5, 0.6) is 0 Å². The van der Waals surface area contributed by atoms with Gasteiger partial charge in [0.15, 0.2) is 0 Å². The highest BCUT2D eigenvalue weighted by Crippen LogP contribution is 2.21. The number of nitrogens with two attached hydrogens (primary N) is 1. The Bertz CT molecular complexity index is 656. The van der Waals surface area contributed by atoms with Crippen molar-refractivity contribution in [1.29, 1.82) is 0 Å². The molecule has 110 valence electrons. The average molecular weight is 301 g/mol. The van der Waals surface area contributed by atoms with Crippen LogP contribution >= 0.6 is 11.8 Å². The standard InChI is InChI=1S/C16H19N3OS/c1-10(2)14-7-11(8-15(17)19-14)16(20)18-12-5-4-6-13(9-12)21-3/h4-10H,1-3H3,(H2,17,19)(H,18,20). The van der Waals surface area contributed by atoms with Crippen LogP contribution in [0.4, 0.5) is 11.5 Å². The van der Waals surface area contributed by atoms with Crippen molar-refractivity contribution in [2.45, 2.75) is 24.7 Å². The van der Waals surface area contributed by atoms with Crippen molar-refractivity contribution < 1.29 is 4.79 Å². The molecule has 0 radical (unpaired) electrons. The van der Waals surface area contributed by atoms with Crippen LogP contribution in [-0.4, -0.2) is 17.1 Å². The first kappa shape index (κ1) is 15.4. The third-order valence-corrected chi connectivity index (χ3v) is 3.77. The molecular formula is C16H19N3OS. The second-order valence-corrected chi connectivity index (χ2v) is 5.93. The zero-order chi connectivity index (χ0) is 15.4. The lowest BCUT2D eigenvalue weighted by Crippen LogP contribution is -2.13. The maximum absolute atomic E-state index is 12.3. The average Bonchev–Trinajstić information content (AvgIpc) is 2.46. The third-order valence-electron chi connectivity index (χ3n) is 3.05. The number of carbonyl (C=O) groups excluding carboxylic acids is 1. The third kappa shape index (κ3) is 3.98. The lowest BCUT2D eigenvalue weighted by Gasteiger charge is -2.10. The van der Waals surface area contributed by atoms with E-state index in [0.717, 1.165) is 16.3 Å². The Morgan fingerprint density at radius 3 is 2.71 bits per heavy atom. The minimum atomic E-state index is -0.177. The van der Waals surface area contributed by atoms with Gasteiger partial charge in [-0.25, -0.2) is 4.98 Å². The van der Waals surface area contributed by atoms with E-state index < -0.39 is 0 Å².